The number of aromatic nitrogens is 2. The number of aryl methyl sites for hydroxylation is 1. The summed E-state index contributed by atoms with van der Waals surface area (Å²) in [5.74, 6) is 1.00. The number of carbonyl (C=O) groups is 1. The van der Waals surface area contributed by atoms with Crippen LogP contribution in [0.1, 0.15) is 16.2 Å². The summed E-state index contributed by atoms with van der Waals surface area (Å²) in [6.07, 6.45) is 2.13. The average Bonchev–Trinajstić information content (AvgIpc) is 2.69. The molecule has 0 bridgehead atoms. The second-order valence-corrected chi connectivity index (χ2v) is 3.28. The van der Waals surface area contributed by atoms with Gasteiger partial charge in [-0.25, -0.2) is 9.97 Å². The van der Waals surface area contributed by atoms with Gasteiger partial charge < -0.3 is 4.42 Å². The first kappa shape index (κ1) is 9.86. The highest BCUT2D eigenvalue weighted by atomic mass is 35.5. The first-order valence-corrected chi connectivity index (χ1v) is 4.63. The number of rotatable bonds is 2. The van der Waals surface area contributed by atoms with E-state index in [4.69, 9.17) is 16.0 Å². The molecule has 0 amide bonds. The van der Waals surface area contributed by atoms with Gasteiger partial charge in [0.15, 0.2) is 12.0 Å². The molecule has 0 aliphatic carbocycles. The molecule has 2 heterocycles. The van der Waals surface area contributed by atoms with Crippen LogP contribution in [0.2, 0.25) is 5.15 Å². The summed E-state index contributed by atoms with van der Waals surface area (Å²) >= 11 is 5.83. The van der Waals surface area contributed by atoms with Crippen LogP contribution in [0.3, 0.4) is 0 Å². The van der Waals surface area contributed by atoms with Crippen LogP contribution >= 0.6 is 11.6 Å². The summed E-state index contributed by atoms with van der Waals surface area (Å²) in [4.78, 5) is 18.9. The molecule has 4 nitrogen and oxygen atoms in total. The van der Waals surface area contributed by atoms with Crippen LogP contribution < -0.4 is 0 Å². The minimum Gasteiger partial charge on any atom is -0.463 e. The lowest BCUT2D eigenvalue weighted by molar-refractivity contribution is 0.112. The van der Waals surface area contributed by atoms with Crippen molar-refractivity contribution in [3.05, 3.63) is 34.9 Å². The van der Waals surface area contributed by atoms with E-state index in [1.807, 2.05) is 0 Å². The molecule has 2 aromatic heterocycles. The van der Waals surface area contributed by atoms with Gasteiger partial charge in [0.1, 0.15) is 16.7 Å². The summed E-state index contributed by atoms with van der Waals surface area (Å²) < 4.78 is 5.16. The van der Waals surface area contributed by atoms with Crippen molar-refractivity contribution in [3.8, 4) is 11.5 Å². The van der Waals surface area contributed by atoms with Gasteiger partial charge in [-0.15, -0.1) is 0 Å². The predicted molar refractivity (Wildman–Crippen MR) is 54.9 cm³/mol. The maximum absolute atomic E-state index is 10.8. The molecule has 0 fully saturated rings. The summed E-state index contributed by atoms with van der Waals surface area (Å²) in [5.41, 5.74) is 0.671. The van der Waals surface area contributed by atoms with Crippen molar-refractivity contribution in [3.63, 3.8) is 0 Å². The molecule has 15 heavy (non-hydrogen) atoms. The number of halogens is 1. The van der Waals surface area contributed by atoms with Gasteiger partial charge in [-0.05, 0) is 19.1 Å². The fraction of sp³-hybridized carbons (Fsp3) is 0.100. The zero-order valence-corrected chi connectivity index (χ0v) is 8.65. The highest BCUT2D eigenvalue weighted by Crippen LogP contribution is 2.25. The largest absolute Gasteiger partial charge is 0.463 e. The Morgan fingerprint density at radius 2 is 2.27 bits per heavy atom. The summed E-state index contributed by atoms with van der Waals surface area (Å²) in [6, 6.07) is 3.43. The monoisotopic (exact) mass is 222 g/mol. The van der Waals surface area contributed by atoms with Gasteiger partial charge in [0.25, 0.3) is 0 Å². The maximum Gasteiger partial charge on any atom is 0.155 e. The van der Waals surface area contributed by atoms with Crippen molar-refractivity contribution in [2.24, 2.45) is 0 Å². The quantitative estimate of drug-likeness (QED) is 0.579. The molecule has 0 radical (unpaired) electrons. The van der Waals surface area contributed by atoms with Gasteiger partial charge in [-0.3, -0.25) is 4.79 Å². The van der Waals surface area contributed by atoms with E-state index in [-0.39, 0.29) is 10.7 Å². The number of hydrogen-bond donors (Lipinski definition) is 0. The van der Waals surface area contributed by atoms with E-state index in [0.29, 0.717) is 23.6 Å². The van der Waals surface area contributed by atoms with E-state index in [9.17, 15) is 4.79 Å². The first-order valence-electron chi connectivity index (χ1n) is 4.25. The molecule has 0 N–H and O–H groups in total. The first-order chi connectivity index (χ1) is 7.22. The highest BCUT2D eigenvalue weighted by Gasteiger charge is 2.14. The SMILES string of the molecule is Cc1nc(Cl)c(C=O)c(-c2ccco2)n1. The number of aldehydes is 1. The Morgan fingerprint density at radius 3 is 2.87 bits per heavy atom. The molecule has 0 saturated carbocycles. The third kappa shape index (κ3) is 1.76. The zero-order chi connectivity index (χ0) is 10.8. The number of furan rings is 1. The summed E-state index contributed by atoms with van der Waals surface area (Å²) in [7, 11) is 0. The molecule has 2 aromatic rings. The Kier molecular flexibility index (Phi) is 2.51. The predicted octanol–water partition coefficient (Wildman–Crippen LogP) is 2.51. The van der Waals surface area contributed by atoms with E-state index in [2.05, 4.69) is 9.97 Å². The van der Waals surface area contributed by atoms with Crippen molar-refractivity contribution in [2.45, 2.75) is 6.92 Å². The molecule has 0 spiro atoms. The molecule has 5 heteroatoms. The van der Waals surface area contributed by atoms with Crippen LogP contribution in [0.4, 0.5) is 0 Å². The molecule has 0 unspecified atom stereocenters. The van der Waals surface area contributed by atoms with E-state index in [1.54, 1.807) is 19.1 Å². The van der Waals surface area contributed by atoms with Crippen molar-refractivity contribution in [1.29, 1.82) is 0 Å². The third-order valence-electron chi connectivity index (χ3n) is 1.88. The van der Waals surface area contributed by atoms with Crippen LogP contribution in [-0.4, -0.2) is 16.3 Å². The lowest BCUT2D eigenvalue weighted by Gasteiger charge is -2.03. The standard InChI is InChI=1S/C10H7ClN2O2/c1-6-12-9(8-3-2-4-15-8)7(5-14)10(11)13-6/h2-5H,1H3. The van der Waals surface area contributed by atoms with Gasteiger partial charge in [0.05, 0.1) is 11.8 Å². The Labute approximate surface area is 90.9 Å². The molecule has 0 aromatic carbocycles. The van der Waals surface area contributed by atoms with Crippen LogP contribution in [0.25, 0.3) is 11.5 Å². The fourth-order valence-electron chi connectivity index (χ4n) is 1.25. The fourth-order valence-corrected chi connectivity index (χ4v) is 1.51. The number of hydrogen-bond acceptors (Lipinski definition) is 4. The Morgan fingerprint density at radius 1 is 1.47 bits per heavy atom. The Bertz CT molecular complexity index is 494. The second kappa shape index (κ2) is 3.82. The second-order valence-electron chi connectivity index (χ2n) is 2.92. The van der Waals surface area contributed by atoms with Crippen molar-refractivity contribution in [2.75, 3.05) is 0 Å². The minimum atomic E-state index is 0.143. The summed E-state index contributed by atoms with van der Waals surface area (Å²) in [6.45, 7) is 1.70. The Hall–Kier alpha value is -1.68. The topological polar surface area (TPSA) is 56.0 Å². The van der Waals surface area contributed by atoms with Crippen molar-refractivity contribution < 1.29 is 9.21 Å². The van der Waals surface area contributed by atoms with Crippen LogP contribution in [-0.2, 0) is 0 Å². The van der Waals surface area contributed by atoms with Gasteiger partial charge >= 0.3 is 0 Å². The van der Waals surface area contributed by atoms with E-state index < -0.39 is 0 Å². The zero-order valence-electron chi connectivity index (χ0n) is 7.90. The lowest BCUT2D eigenvalue weighted by atomic mass is 10.2. The summed E-state index contributed by atoms with van der Waals surface area (Å²) in [5, 5.41) is 0.143. The van der Waals surface area contributed by atoms with Gasteiger partial charge in [-0.2, -0.15) is 0 Å². The van der Waals surface area contributed by atoms with Crippen LogP contribution in [0.5, 0.6) is 0 Å². The Balaban J connectivity index is 2.69. The molecule has 2 rings (SSSR count). The highest BCUT2D eigenvalue weighted by molar-refractivity contribution is 6.32. The van der Waals surface area contributed by atoms with E-state index in [1.165, 1.54) is 6.26 Å². The molecular formula is C10H7ClN2O2. The molecule has 0 aliphatic heterocycles. The molecular weight excluding hydrogens is 216 g/mol. The van der Waals surface area contributed by atoms with Gasteiger partial charge in [-0.1, -0.05) is 11.6 Å². The average molecular weight is 223 g/mol. The van der Waals surface area contributed by atoms with Crippen molar-refractivity contribution in [1.82, 2.24) is 9.97 Å². The molecule has 0 aliphatic rings. The number of nitrogens with zero attached hydrogens (tertiary/aromatic N) is 2. The minimum absolute atomic E-state index is 0.143. The van der Waals surface area contributed by atoms with Crippen LogP contribution in [0.15, 0.2) is 22.8 Å². The molecule has 0 saturated heterocycles. The normalized spacial score (nSPS) is 10.3. The molecule has 76 valence electrons. The van der Waals surface area contributed by atoms with Gasteiger partial charge in [0.2, 0.25) is 0 Å². The van der Waals surface area contributed by atoms with Crippen LogP contribution in [0, 0.1) is 6.92 Å². The van der Waals surface area contributed by atoms with E-state index in [0.717, 1.165) is 0 Å². The number of carbonyl (C=O) groups excluding carboxylic acids is 1. The van der Waals surface area contributed by atoms with E-state index >= 15 is 0 Å². The van der Waals surface area contributed by atoms with Crippen molar-refractivity contribution >= 4 is 17.9 Å². The van der Waals surface area contributed by atoms with Gasteiger partial charge in [0, 0.05) is 0 Å². The smallest absolute Gasteiger partial charge is 0.155 e. The third-order valence-corrected chi connectivity index (χ3v) is 2.17. The lowest BCUT2D eigenvalue weighted by Crippen LogP contribution is -1.98. The maximum atomic E-state index is 10.8. The molecule has 0 atom stereocenters.